The first-order valence-electron chi connectivity index (χ1n) is 10.6. The zero-order valence-electron chi connectivity index (χ0n) is 17.8. The Morgan fingerprint density at radius 2 is 1.81 bits per heavy atom. The van der Waals surface area contributed by atoms with Crippen molar-refractivity contribution in [1.82, 2.24) is 19.6 Å². The van der Waals surface area contributed by atoms with Crippen LogP contribution < -0.4 is 16.2 Å². The summed E-state index contributed by atoms with van der Waals surface area (Å²) in [5, 5.41) is 5.55. The number of hydrogen-bond donors (Lipinski definition) is 2. The molecule has 4 rings (SSSR count). The normalized spacial score (nSPS) is 17.4. The molecule has 9 heteroatoms. The molecule has 2 aliphatic rings. The summed E-state index contributed by atoms with van der Waals surface area (Å²) in [6.07, 6.45) is 3.65. The van der Waals surface area contributed by atoms with E-state index in [0.29, 0.717) is 30.6 Å². The molecule has 1 aromatic heterocycles. The summed E-state index contributed by atoms with van der Waals surface area (Å²) in [4.78, 5) is 51.5. The van der Waals surface area contributed by atoms with E-state index in [9.17, 15) is 19.2 Å². The van der Waals surface area contributed by atoms with Gasteiger partial charge in [0.25, 0.3) is 11.5 Å². The van der Waals surface area contributed by atoms with Gasteiger partial charge in [0.05, 0.1) is 11.4 Å². The lowest BCUT2D eigenvalue weighted by molar-refractivity contribution is -0.131. The molecule has 2 heterocycles. The molecule has 0 atom stereocenters. The number of carbonyl (C=O) groups excluding carboxylic acids is 3. The summed E-state index contributed by atoms with van der Waals surface area (Å²) in [7, 11) is 1.76. The zero-order valence-corrected chi connectivity index (χ0v) is 17.8. The third-order valence-electron chi connectivity index (χ3n) is 6.31. The fraction of sp³-hybridized carbons (Fsp3) is 0.455. The average Bonchev–Trinajstić information content (AvgIpc) is 3.38. The average molecular weight is 425 g/mol. The summed E-state index contributed by atoms with van der Waals surface area (Å²) >= 11 is 0. The molecule has 2 fully saturated rings. The standard InChI is InChI=1S/C22H27N5O4/c1-15-18(19(29)27(25(15)2)16-9-4-3-5-10-16)23-17(28)11-8-14-26-20(30)22(24-21(26)31)12-6-7-13-22/h3-5,9-10H,6-8,11-14H2,1-2H3,(H,23,28)(H,24,31). The number of imide groups is 1. The van der Waals surface area contributed by atoms with Gasteiger partial charge in [-0.05, 0) is 38.3 Å². The monoisotopic (exact) mass is 425 g/mol. The van der Waals surface area contributed by atoms with Gasteiger partial charge >= 0.3 is 6.03 Å². The van der Waals surface area contributed by atoms with Crippen LogP contribution in [-0.2, 0) is 16.6 Å². The fourth-order valence-electron chi connectivity index (χ4n) is 4.51. The number of nitrogens with zero attached hydrogens (tertiary/aromatic N) is 3. The molecule has 0 bridgehead atoms. The first kappa shape index (κ1) is 20.9. The number of amides is 4. The van der Waals surface area contributed by atoms with E-state index >= 15 is 0 Å². The SMILES string of the molecule is Cc1c(NC(=O)CCCN2C(=O)NC3(CCCC3)C2=O)c(=O)n(-c2ccccc2)n1C. The molecule has 2 aromatic rings. The van der Waals surface area contributed by atoms with Crippen LogP contribution in [0.3, 0.4) is 0 Å². The molecule has 31 heavy (non-hydrogen) atoms. The van der Waals surface area contributed by atoms with E-state index in [4.69, 9.17) is 0 Å². The van der Waals surface area contributed by atoms with Crippen molar-refractivity contribution in [2.24, 2.45) is 7.05 Å². The second-order valence-electron chi connectivity index (χ2n) is 8.26. The number of carbonyl (C=O) groups is 3. The summed E-state index contributed by atoms with van der Waals surface area (Å²) < 4.78 is 3.20. The first-order valence-corrected chi connectivity index (χ1v) is 10.6. The second kappa shape index (κ2) is 8.05. The third kappa shape index (κ3) is 3.64. The molecular formula is C22H27N5O4. The van der Waals surface area contributed by atoms with Crippen molar-refractivity contribution in [2.75, 3.05) is 11.9 Å². The Morgan fingerprint density at radius 3 is 2.48 bits per heavy atom. The molecule has 1 saturated heterocycles. The van der Waals surface area contributed by atoms with Crippen molar-refractivity contribution in [3.8, 4) is 5.69 Å². The Balaban J connectivity index is 1.38. The van der Waals surface area contributed by atoms with Gasteiger partial charge in [-0.3, -0.25) is 24.0 Å². The maximum absolute atomic E-state index is 12.9. The summed E-state index contributed by atoms with van der Waals surface area (Å²) in [5.41, 5.74) is 0.536. The second-order valence-corrected chi connectivity index (χ2v) is 8.26. The van der Waals surface area contributed by atoms with Crippen LogP contribution in [0, 0.1) is 6.92 Å². The molecule has 0 radical (unpaired) electrons. The van der Waals surface area contributed by atoms with E-state index in [0.717, 1.165) is 12.8 Å². The van der Waals surface area contributed by atoms with E-state index in [1.165, 1.54) is 9.58 Å². The summed E-state index contributed by atoms with van der Waals surface area (Å²) in [6.45, 7) is 1.95. The van der Waals surface area contributed by atoms with Crippen LogP contribution in [0.25, 0.3) is 5.69 Å². The number of rotatable bonds is 6. The number of nitrogens with one attached hydrogen (secondary N) is 2. The maximum Gasteiger partial charge on any atom is 0.325 e. The van der Waals surface area contributed by atoms with Crippen LogP contribution in [0.2, 0.25) is 0 Å². The number of aromatic nitrogens is 2. The van der Waals surface area contributed by atoms with Gasteiger partial charge < -0.3 is 10.6 Å². The highest BCUT2D eigenvalue weighted by Gasteiger charge is 2.52. The van der Waals surface area contributed by atoms with Crippen molar-refractivity contribution in [3.63, 3.8) is 0 Å². The maximum atomic E-state index is 12.9. The van der Waals surface area contributed by atoms with Gasteiger partial charge in [0.2, 0.25) is 5.91 Å². The predicted octanol–water partition coefficient (Wildman–Crippen LogP) is 2.07. The van der Waals surface area contributed by atoms with Gasteiger partial charge in [-0.15, -0.1) is 0 Å². The van der Waals surface area contributed by atoms with Gasteiger partial charge in [-0.1, -0.05) is 31.0 Å². The Bertz CT molecular complexity index is 1080. The van der Waals surface area contributed by atoms with Crippen LogP contribution in [0.5, 0.6) is 0 Å². The van der Waals surface area contributed by atoms with Gasteiger partial charge in [0, 0.05) is 20.0 Å². The molecule has 1 aliphatic carbocycles. The van der Waals surface area contributed by atoms with Crippen molar-refractivity contribution >= 4 is 23.5 Å². The minimum Gasteiger partial charge on any atom is -0.323 e. The quantitative estimate of drug-likeness (QED) is 0.691. The minimum atomic E-state index is -0.733. The Morgan fingerprint density at radius 1 is 1.13 bits per heavy atom. The molecule has 1 saturated carbocycles. The van der Waals surface area contributed by atoms with Crippen LogP contribution >= 0.6 is 0 Å². The lowest BCUT2D eigenvalue weighted by Crippen LogP contribution is -2.44. The molecule has 9 nitrogen and oxygen atoms in total. The molecule has 4 amide bonds. The van der Waals surface area contributed by atoms with Crippen LogP contribution in [0.4, 0.5) is 10.5 Å². The third-order valence-corrected chi connectivity index (χ3v) is 6.31. The first-order chi connectivity index (χ1) is 14.8. The molecule has 1 aromatic carbocycles. The number of hydrogen-bond acceptors (Lipinski definition) is 4. The molecular weight excluding hydrogens is 398 g/mol. The number of benzene rings is 1. The van der Waals surface area contributed by atoms with Crippen LogP contribution in [0.15, 0.2) is 35.1 Å². The van der Waals surface area contributed by atoms with Crippen molar-refractivity contribution < 1.29 is 14.4 Å². The van der Waals surface area contributed by atoms with E-state index in [1.54, 1.807) is 18.7 Å². The molecule has 2 N–H and O–H groups in total. The fourth-order valence-corrected chi connectivity index (χ4v) is 4.51. The highest BCUT2D eigenvalue weighted by atomic mass is 16.2. The van der Waals surface area contributed by atoms with E-state index in [2.05, 4.69) is 10.6 Å². The summed E-state index contributed by atoms with van der Waals surface area (Å²) in [6, 6.07) is 8.81. The lowest BCUT2D eigenvalue weighted by Gasteiger charge is -2.19. The number of anilines is 1. The Labute approximate surface area is 180 Å². The highest BCUT2D eigenvalue weighted by molar-refractivity contribution is 6.07. The van der Waals surface area contributed by atoms with Crippen molar-refractivity contribution in [3.05, 3.63) is 46.4 Å². The van der Waals surface area contributed by atoms with Gasteiger partial charge in [0.1, 0.15) is 11.2 Å². The van der Waals surface area contributed by atoms with Crippen molar-refractivity contribution in [1.29, 1.82) is 0 Å². The predicted molar refractivity (Wildman–Crippen MR) is 115 cm³/mol. The Hall–Kier alpha value is -3.36. The zero-order chi connectivity index (χ0) is 22.2. The van der Waals surface area contributed by atoms with E-state index < -0.39 is 5.54 Å². The van der Waals surface area contributed by atoms with Gasteiger partial charge in [-0.2, -0.15) is 0 Å². The largest absolute Gasteiger partial charge is 0.325 e. The minimum absolute atomic E-state index is 0.100. The topological polar surface area (TPSA) is 105 Å². The molecule has 164 valence electrons. The van der Waals surface area contributed by atoms with Crippen molar-refractivity contribution in [2.45, 2.75) is 51.0 Å². The smallest absolute Gasteiger partial charge is 0.323 e. The van der Waals surface area contributed by atoms with Crippen LogP contribution in [0.1, 0.15) is 44.2 Å². The summed E-state index contributed by atoms with van der Waals surface area (Å²) in [5.74, 6) is -0.506. The van der Waals surface area contributed by atoms with Gasteiger partial charge in [0.15, 0.2) is 0 Å². The lowest BCUT2D eigenvalue weighted by atomic mass is 9.98. The number of para-hydroxylation sites is 1. The highest BCUT2D eigenvalue weighted by Crippen LogP contribution is 2.35. The van der Waals surface area contributed by atoms with E-state index in [1.807, 2.05) is 30.3 Å². The number of urea groups is 1. The Kier molecular flexibility index (Phi) is 5.43. The molecule has 1 aliphatic heterocycles. The van der Waals surface area contributed by atoms with Gasteiger partial charge in [-0.25, -0.2) is 9.48 Å². The van der Waals surface area contributed by atoms with Crippen LogP contribution in [-0.4, -0.2) is 44.2 Å². The molecule has 0 unspecified atom stereocenters. The molecule has 1 spiro atoms. The van der Waals surface area contributed by atoms with E-state index in [-0.39, 0.29) is 42.1 Å².